The summed E-state index contributed by atoms with van der Waals surface area (Å²) in [5, 5.41) is 6.24. The maximum Gasteiger partial charge on any atom is 0.246 e. The molecule has 1 aromatic rings. The Hall–Kier alpha value is -2.08. The summed E-state index contributed by atoms with van der Waals surface area (Å²) in [6.07, 6.45) is 7.46. The van der Waals surface area contributed by atoms with E-state index in [-0.39, 0.29) is 5.91 Å². The molecule has 0 bridgehead atoms. The third kappa shape index (κ3) is 3.76. The van der Waals surface area contributed by atoms with Gasteiger partial charge in [-0.3, -0.25) is 19.8 Å². The number of aliphatic imine (C=N–C) groups is 2. The number of nitrogens with one attached hydrogen (secondary N) is 2. The second-order valence-electron chi connectivity index (χ2n) is 5.66. The fraction of sp³-hybridized carbons (Fsp3) is 0.500. The van der Waals surface area contributed by atoms with Gasteiger partial charge < -0.3 is 10.6 Å². The Morgan fingerprint density at radius 1 is 1.36 bits per heavy atom. The summed E-state index contributed by atoms with van der Waals surface area (Å²) in [6.45, 7) is 3.00. The van der Waals surface area contributed by atoms with Crippen LogP contribution in [0.25, 0.3) is 0 Å². The Labute approximate surface area is 130 Å². The van der Waals surface area contributed by atoms with E-state index in [1.807, 2.05) is 12.1 Å². The molecule has 0 radical (unpaired) electrons. The Morgan fingerprint density at radius 2 is 2.23 bits per heavy atom. The molecular weight excluding hydrogens is 278 g/mol. The van der Waals surface area contributed by atoms with Gasteiger partial charge in [-0.1, -0.05) is 6.07 Å². The van der Waals surface area contributed by atoms with Crippen molar-refractivity contribution in [1.82, 2.24) is 15.6 Å². The van der Waals surface area contributed by atoms with E-state index in [0.29, 0.717) is 19.0 Å². The van der Waals surface area contributed by atoms with Gasteiger partial charge in [-0.05, 0) is 37.6 Å². The lowest BCUT2D eigenvalue weighted by Crippen LogP contribution is -2.39. The number of pyridine rings is 1. The lowest BCUT2D eigenvalue weighted by atomic mass is 9.92. The summed E-state index contributed by atoms with van der Waals surface area (Å²) in [7, 11) is 0. The van der Waals surface area contributed by atoms with Crippen molar-refractivity contribution in [1.29, 1.82) is 0 Å². The first-order chi connectivity index (χ1) is 10.8. The van der Waals surface area contributed by atoms with Crippen LogP contribution < -0.4 is 10.6 Å². The lowest BCUT2D eigenvalue weighted by molar-refractivity contribution is -0.122. The molecule has 1 aromatic heterocycles. The number of piperidine rings is 1. The molecule has 2 N–H and O–H groups in total. The standard InChI is InChI=1S/C16H21N5O/c22-16(21-9-12-2-1-5-18-8-12)15-11-19-14(10-20-15)13-3-6-17-7-4-13/h1-2,5,8,10,13,15,17H,3-4,6-7,9,11H2,(H,21,22). The third-order valence-electron chi connectivity index (χ3n) is 4.08. The van der Waals surface area contributed by atoms with Crippen LogP contribution in [-0.2, 0) is 11.3 Å². The summed E-state index contributed by atoms with van der Waals surface area (Å²) >= 11 is 0. The normalized spacial score (nSPS) is 22.2. The van der Waals surface area contributed by atoms with Crippen LogP contribution in [0.3, 0.4) is 0 Å². The van der Waals surface area contributed by atoms with E-state index in [2.05, 4.69) is 25.6 Å². The molecule has 1 amide bonds. The Bertz CT molecular complexity index is 563. The smallest absolute Gasteiger partial charge is 0.246 e. The van der Waals surface area contributed by atoms with Crippen molar-refractivity contribution in [2.24, 2.45) is 15.9 Å². The summed E-state index contributed by atoms with van der Waals surface area (Å²) < 4.78 is 0. The molecule has 22 heavy (non-hydrogen) atoms. The van der Waals surface area contributed by atoms with Gasteiger partial charge in [0.15, 0.2) is 0 Å². The van der Waals surface area contributed by atoms with Crippen LogP contribution in [0, 0.1) is 5.92 Å². The molecule has 1 fully saturated rings. The zero-order chi connectivity index (χ0) is 15.2. The zero-order valence-electron chi connectivity index (χ0n) is 12.5. The van der Waals surface area contributed by atoms with Gasteiger partial charge in [0.2, 0.25) is 5.91 Å². The number of nitrogens with zero attached hydrogens (tertiary/aromatic N) is 3. The Balaban J connectivity index is 1.49. The van der Waals surface area contributed by atoms with E-state index in [9.17, 15) is 4.79 Å². The molecule has 0 saturated carbocycles. The molecule has 3 rings (SSSR count). The van der Waals surface area contributed by atoms with Crippen LogP contribution >= 0.6 is 0 Å². The van der Waals surface area contributed by atoms with E-state index in [1.54, 1.807) is 18.6 Å². The van der Waals surface area contributed by atoms with Crippen molar-refractivity contribution in [2.75, 3.05) is 19.6 Å². The molecule has 1 saturated heterocycles. The molecule has 2 aliphatic heterocycles. The zero-order valence-corrected chi connectivity index (χ0v) is 12.5. The number of carbonyl (C=O) groups excluding carboxylic acids is 1. The molecular formula is C16H21N5O. The van der Waals surface area contributed by atoms with Crippen molar-refractivity contribution < 1.29 is 4.79 Å². The molecule has 1 unspecified atom stereocenters. The summed E-state index contributed by atoms with van der Waals surface area (Å²) in [5.74, 6) is 0.414. The summed E-state index contributed by atoms with van der Waals surface area (Å²) in [5.41, 5.74) is 2.03. The molecule has 6 heteroatoms. The van der Waals surface area contributed by atoms with Gasteiger partial charge in [0.05, 0.1) is 12.3 Å². The van der Waals surface area contributed by atoms with Crippen LogP contribution in [0.4, 0.5) is 0 Å². The highest BCUT2D eigenvalue weighted by molar-refractivity contribution is 6.32. The second-order valence-corrected chi connectivity index (χ2v) is 5.66. The van der Waals surface area contributed by atoms with Crippen LogP contribution in [-0.4, -0.2) is 48.5 Å². The van der Waals surface area contributed by atoms with Crippen molar-refractivity contribution >= 4 is 17.8 Å². The first-order valence-electron chi connectivity index (χ1n) is 7.78. The third-order valence-corrected chi connectivity index (χ3v) is 4.08. The predicted octanol–water partition coefficient (Wildman–Crippen LogP) is 0.591. The molecule has 0 spiro atoms. The van der Waals surface area contributed by atoms with Crippen LogP contribution in [0.15, 0.2) is 34.5 Å². The fourth-order valence-corrected chi connectivity index (χ4v) is 2.76. The van der Waals surface area contributed by atoms with Gasteiger partial charge in [0.25, 0.3) is 0 Å². The minimum absolute atomic E-state index is 0.0757. The van der Waals surface area contributed by atoms with Gasteiger partial charge in [-0.15, -0.1) is 0 Å². The maximum absolute atomic E-state index is 12.1. The largest absolute Gasteiger partial charge is 0.350 e. The minimum atomic E-state index is -0.401. The predicted molar refractivity (Wildman–Crippen MR) is 86.3 cm³/mol. The van der Waals surface area contributed by atoms with Gasteiger partial charge in [0.1, 0.15) is 6.04 Å². The number of aromatic nitrogens is 1. The maximum atomic E-state index is 12.1. The molecule has 1 atom stereocenters. The monoisotopic (exact) mass is 299 g/mol. The Morgan fingerprint density at radius 3 is 2.91 bits per heavy atom. The number of hydrogen-bond acceptors (Lipinski definition) is 5. The van der Waals surface area contributed by atoms with Crippen molar-refractivity contribution in [3.05, 3.63) is 30.1 Å². The topological polar surface area (TPSA) is 78.7 Å². The van der Waals surface area contributed by atoms with E-state index in [4.69, 9.17) is 0 Å². The number of rotatable bonds is 4. The highest BCUT2D eigenvalue weighted by atomic mass is 16.2. The van der Waals surface area contributed by atoms with Crippen LogP contribution in [0.2, 0.25) is 0 Å². The molecule has 0 aliphatic carbocycles. The molecule has 6 nitrogen and oxygen atoms in total. The van der Waals surface area contributed by atoms with Crippen molar-refractivity contribution in [3.63, 3.8) is 0 Å². The lowest BCUT2D eigenvalue weighted by Gasteiger charge is -2.24. The van der Waals surface area contributed by atoms with Crippen molar-refractivity contribution in [2.45, 2.75) is 25.4 Å². The molecule has 0 aromatic carbocycles. The highest BCUT2D eigenvalue weighted by Gasteiger charge is 2.23. The van der Waals surface area contributed by atoms with E-state index in [0.717, 1.165) is 37.2 Å². The minimum Gasteiger partial charge on any atom is -0.350 e. The summed E-state index contributed by atoms with van der Waals surface area (Å²) in [4.78, 5) is 25.1. The quantitative estimate of drug-likeness (QED) is 0.854. The molecule has 116 valence electrons. The van der Waals surface area contributed by atoms with Gasteiger partial charge in [-0.2, -0.15) is 0 Å². The number of carbonyl (C=O) groups is 1. The van der Waals surface area contributed by atoms with Gasteiger partial charge in [-0.25, -0.2) is 0 Å². The average Bonchev–Trinajstić information content (AvgIpc) is 2.61. The molecule has 2 aliphatic rings. The van der Waals surface area contributed by atoms with E-state index < -0.39 is 6.04 Å². The van der Waals surface area contributed by atoms with Gasteiger partial charge in [0, 0.05) is 31.1 Å². The SMILES string of the molecule is O=C(NCc1cccnc1)C1CN=C(C2CCNCC2)C=N1. The van der Waals surface area contributed by atoms with E-state index >= 15 is 0 Å². The fourth-order valence-electron chi connectivity index (χ4n) is 2.76. The average molecular weight is 299 g/mol. The summed E-state index contributed by atoms with van der Waals surface area (Å²) in [6, 6.07) is 3.39. The van der Waals surface area contributed by atoms with Crippen molar-refractivity contribution in [3.8, 4) is 0 Å². The molecule has 3 heterocycles. The first-order valence-corrected chi connectivity index (χ1v) is 7.78. The second kappa shape index (κ2) is 7.26. The Kier molecular flexibility index (Phi) is 4.90. The number of amides is 1. The van der Waals surface area contributed by atoms with Crippen LogP contribution in [0.1, 0.15) is 18.4 Å². The van der Waals surface area contributed by atoms with Crippen LogP contribution in [0.5, 0.6) is 0 Å². The number of hydrogen-bond donors (Lipinski definition) is 2. The van der Waals surface area contributed by atoms with Gasteiger partial charge >= 0.3 is 0 Å². The van der Waals surface area contributed by atoms with E-state index in [1.165, 1.54) is 0 Å². The first kappa shape index (κ1) is 14.8. The highest BCUT2D eigenvalue weighted by Crippen LogP contribution is 2.15.